The molecule has 7 aromatic carbocycles. The fourth-order valence-corrected chi connectivity index (χ4v) is 9.56. The molecule has 22 nitrogen and oxygen atoms in total. The Hall–Kier alpha value is -7.30. The lowest BCUT2D eigenvalue weighted by Crippen LogP contribution is -2.09. The van der Waals surface area contributed by atoms with Crippen LogP contribution in [0.25, 0.3) is 21.5 Å². The van der Waals surface area contributed by atoms with Crippen molar-refractivity contribution in [2.45, 2.75) is 43.4 Å². The smallest absolute Gasteiger partial charge is 0.296 e. The van der Waals surface area contributed by atoms with E-state index in [9.17, 15) is 52.4 Å². The van der Waals surface area contributed by atoms with E-state index in [0.717, 1.165) is 11.8 Å². The predicted molar refractivity (Wildman–Crippen MR) is 272 cm³/mol. The molecule has 0 aliphatic carbocycles. The summed E-state index contributed by atoms with van der Waals surface area (Å²) >= 11 is 0. The highest BCUT2D eigenvalue weighted by Gasteiger charge is 2.23. The third-order valence-corrected chi connectivity index (χ3v) is 14.1. The number of fused-ring (bicyclic) bond motifs is 2. The first-order valence-corrected chi connectivity index (χ1v) is 27.7. The number of para-hydroxylation sites is 1. The molecule has 0 saturated carbocycles. The van der Waals surface area contributed by atoms with Gasteiger partial charge in [-0.25, -0.2) is 0 Å². The molecule has 0 radical (unpaired) electrons. The maximum Gasteiger partial charge on any atom is 0.296 e. The van der Waals surface area contributed by atoms with Crippen molar-refractivity contribution in [2.75, 3.05) is 30.0 Å². The number of phenolic OH excluding ortho intramolecular Hbond substituents is 1. The number of anilines is 2. The molecule has 0 aromatic heterocycles. The summed E-state index contributed by atoms with van der Waals surface area (Å²) < 4.78 is 145. The van der Waals surface area contributed by atoms with E-state index in [1.165, 1.54) is 36.4 Å². The first-order chi connectivity index (χ1) is 34.3. The summed E-state index contributed by atoms with van der Waals surface area (Å²) in [6.07, 6.45) is -0.207. The van der Waals surface area contributed by atoms with Crippen molar-refractivity contribution in [3.8, 4) is 17.2 Å². The number of hydrogen-bond acceptors (Lipinski definition) is 18. The molecule has 0 atom stereocenters. The van der Waals surface area contributed by atoms with Crippen LogP contribution in [0.3, 0.4) is 0 Å². The molecule has 6 N–H and O–H groups in total. The van der Waals surface area contributed by atoms with Crippen molar-refractivity contribution in [1.82, 2.24) is 0 Å². The third kappa shape index (κ3) is 14.2. The van der Waals surface area contributed by atoms with Crippen LogP contribution >= 0.6 is 0 Å². The minimum absolute atomic E-state index is 0.0187. The topological polar surface area (TPSA) is 342 Å². The summed E-state index contributed by atoms with van der Waals surface area (Å²) in [5, 5.41) is 41.2. The van der Waals surface area contributed by atoms with Crippen LogP contribution in [0.5, 0.6) is 17.2 Å². The van der Waals surface area contributed by atoms with Gasteiger partial charge in [0.25, 0.3) is 40.5 Å². The Morgan fingerprint density at radius 2 is 1.03 bits per heavy atom. The van der Waals surface area contributed by atoms with Crippen LogP contribution in [0.2, 0.25) is 0 Å². The van der Waals surface area contributed by atoms with Gasteiger partial charge >= 0.3 is 0 Å². The van der Waals surface area contributed by atoms with Crippen LogP contribution in [-0.4, -0.2) is 81.7 Å². The molecular weight excluding hydrogens is 1030 g/mol. The first kappa shape index (κ1) is 53.5. The van der Waals surface area contributed by atoms with Crippen molar-refractivity contribution in [1.29, 1.82) is 0 Å². The number of hydrogen-bond donors (Lipinski definition) is 6. The first-order valence-electron chi connectivity index (χ1n) is 21.6. The van der Waals surface area contributed by atoms with Gasteiger partial charge in [-0.1, -0.05) is 24.3 Å². The van der Waals surface area contributed by atoms with Gasteiger partial charge in [0.2, 0.25) is 0 Å². The van der Waals surface area contributed by atoms with Gasteiger partial charge in [0.1, 0.15) is 32.7 Å². The number of ether oxygens (including phenoxy) is 2. The van der Waals surface area contributed by atoms with Crippen LogP contribution in [0, 0.1) is 20.8 Å². The van der Waals surface area contributed by atoms with Crippen LogP contribution < -0.4 is 14.8 Å². The van der Waals surface area contributed by atoms with E-state index >= 15 is 0 Å². The van der Waals surface area contributed by atoms with Crippen molar-refractivity contribution in [3.63, 3.8) is 0 Å². The van der Waals surface area contributed by atoms with Crippen LogP contribution in [0.15, 0.2) is 150 Å². The van der Waals surface area contributed by atoms with E-state index in [1.54, 1.807) is 57.2 Å². The third-order valence-electron chi connectivity index (χ3n) is 10.7. The Balaban J connectivity index is 1.16. The molecule has 0 saturated heterocycles. The quantitative estimate of drug-likeness (QED) is 0.0235. The highest BCUT2D eigenvalue weighted by molar-refractivity contribution is 7.86. The lowest BCUT2D eigenvalue weighted by Gasteiger charge is -2.12. The van der Waals surface area contributed by atoms with Crippen LogP contribution in [0.4, 0.5) is 45.5 Å². The lowest BCUT2D eigenvalue weighted by atomic mass is 10.1. The van der Waals surface area contributed by atoms with E-state index in [2.05, 4.69) is 36.0 Å². The second-order valence-corrected chi connectivity index (χ2v) is 22.3. The molecule has 382 valence electrons. The fraction of sp³-hybridized carbons (Fsp3) is 0.191. The van der Waals surface area contributed by atoms with Crippen LogP contribution in [-0.2, 0) is 40.5 Å². The molecule has 0 amide bonds. The summed E-state index contributed by atoms with van der Waals surface area (Å²) in [5.41, 5.74) is 3.74. The SMILES string of the molecule is Cc1cc(N=Nc2cc(C)c(N=Nc3c(S(=O)(=O)O)cc4cc(Nc5ccccc5)ccc4c3O)cc2C)c(OCCCS(=O)(=O)O)cc1N=Nc1ccc2c(S(=O)(=O)O)cc(OCCCS(=O)(=O)O)cc2c1. The Morgan fingerprint density at radius 1 is 0.493 bits per heavy atom. The average molecular weight is 1080 g/mol. The molecule has 0 unspecified atom stereocenters. The largest absolute Gasteiger partial charge is 0.505 e. The number of phenols is 1. The Labute approximate surface area is 419 Å². The lowest BCUT2D eigenvalue weighted by molar-refractivity contribution is 0.315. The monoisotopic (exact) mass is 1080 g/mol. The zero-order valence-corrected chi connectivity index (χ0v) is 42.0. The zero-order chi connectivity index (χ0) is 52.9. The molecule has 7 rings (SSSR count). The number of nitrogens with zero attached hydrogens (tertiary/aromatic N) is 6. The fourth-order valence-electron chi connectivity index (χ4n) is 7.21. The molecule has 0 fully saturated rings. The Bertz CT molecular complexity index is 3840. The van der Waals surface area contributed by atoms with Gasteiger partial charge in [-0.2, -0.15) is 54.1 Å². The van der Waals surface area contributed by atoms with Gasteiger partial charge < -0.3 is 19.9 Å². The molecule has 0 heterocycles. The predicted octanol–water partition coefficient (Wildman–Crippen LogP) is 11.4. The summed E-state index contributed by atoms with van der Waals surface area (Å²) in [6, 6.07) is 28.4. The molecular formula is C47H45N7O15S4. The minimum atomic E-state index is -4.91. The molecule has 7 aromatic rings. The highest BCUT2D eigenvalue weighted by atomic mass is 32.2. The van der Waals surface area contributed by atoms with Gasteiger partial charge in [0, 0.05) is 34.3 Å². The summed E-state index contributed by atoms with van der Waals surface area (Å²) in [6.45, 7) is 4.68. The molecule has 0 aliphatic rings. The van der Waals surface area contributed by atoms with E-state index < -0.39 is 73.2 Å². The van der Waals surface area contributed by atoms with Gasteiger partial charge in [0.15, 0.2) is 5.75 Å². The summed E-state index contributed by atoms with van der Waals surface area (Å²) in [7, 11) is -18.2. The Morgan fingerprint density at radius 3 is 1.64 bits per heavy atom. The maximum atomic E-state index is 12.6. The summed E-state index contributed by atoms with van der Waals surface area (Å²) in [5.74, 6) is -1.63. The normalized spacial score (nSPS) is 12.7. The van der Waals surface area contributed by atoms with Gasteiger partial charge in [-0.15, -0.1) is 10.2 Å². The van der Waals surface area contributed by atoms with Crippen molar-refractivity contribution < 1.29 is 66.5 Å². The number of azo groups is 3. The van der Waals surface area contributed by atoms with Crippen molar-refractivity contribution >= 4 is 108 Å². The number of nitrogens with one attached hydrogen (secondary N) is 1. The number of aromatic hydroxyl groups is 1. The second kappa shape index (κ2) is 21.8. The van der Waals surface area contributed by atoms with Crippen molar-refractivity contribution in [2.24, 2.45) is 30.7 Å². The molecule has 0 spiro atoms. The minimum Gasteiger partial charge on any atom is -0.505 e. The van der Waals surface area contributed by atoms with Gasteiger partial charge in [-0.3, -0.25) is 18.2 Å². The van der Waals surface area contributed by atoms with Crippen molar-refractivity contribution in [3.05, 3.63) is 126 Å². The van der Waals surface area contributed by atoms with Gasteiger partial charge in [0.05, 0.1) is 47.5 Å². The molecule has 0 bridgehead atoms. The number of benzene rings is 7. The molecule has 0 aliphatic heterocycles. The zero-order valence-electron chi connectivity index (χ0n) is 38.8. The van der Waals surface area contributed by atoms with E-state index in [0.29, 0.717) is 33.5 Å². The molecule has 26 heteroatoms. The number of aryl methyl sites for hydroxylation is 3. The van der Waals surface area contributed by atoms with E-state index in [1.807, 2.05) is 30.3 Å². The van der Waals surface area contributed by atoms with Gasteiger partial charge in [-0.05, 0) is 134 Å². The van der Waals surface area contributed by atoms with E-state index in [4.69, 9.17) is 14.0 Å². The maximum absolute atomic E-state index is 12.6. The Kier molecular flexibility index (Phi) is 16.0. The second-order valence-electron chi connectivity index (χ2n) is 16.4. The number of rotatable bonds is 20. The standard InChI is InChI=1S/C47H45N7O15S4/c1-28-20-40(52-54-46-45(73(65,66)67)25-32-22-34(11-14-38(32)47(46)55)48-33-9-5-4-6-10-33)29(2)19-39(28)51-53-42-21-30(3)41(27-43(42)69-16-8-18-71(59,60)61)50-49-35-12-13-37-31(23-35)24-36(26-44(37)72(62,63)64)68-15-7-17-70(56,57)58/h4-6,9-14,19-27,48,55H,7-8,15-18H2,1-3H3,(H,56,57,58)(H,59,60,61)(H,62,63,64)(H,65,66,67). The summed E-state index contributed by atoms with van der Waals surface area (Å²) in [4.78, 5) is -1.15. The molecule has 73 heavy (non-hydrogen) atoms. The highest BCUT2D eigenvalue weighted by Crippen LogP contribution is 2.44. The van der Waals surface area contributed by atoms with E-state index in [-0.39, 0.29) is 76.5 Å². The average Bonchev–Trinajstić information content (AvgIpc) is 3.30. The van der Waals surface area contributed by atoms with Crippen LogP contribution in [0.1, 0.15) is 29.5 Å².